The molecule has 3 heterocycles. The van der Waals surface area contributed by atoms with Crippen LogP contribution in [0.2, 0.25) is 0 Å². The Bertz CT molecular complexity index is 812. The summed E-state index contributed by atoms with van der Waals surface area (Å²) >= 11 is 0. The third-order valence-electron chi connectivity index (χ3n) is 5.64. The molecule has 2 aliphatic heterocycles. The van der Waals surface area contributed by atoms with Crippen LogP contribution in [0.5, 0.6) is 5.75 Å². The highest BCUT2D eigenvalue weighted by Gasteiger charge is 2.22. The fraction of sp³-hybridized carbons (Fsp3) is 0.478. The molecule has 2 N–H and O–H groups in total. The van der Waals surface area contributed by atoms with Gasteiger partial charge in [-0.05, 0) is 69.0 Å². The van der Waals surface area contributed by atoms with Gasteiger partial charge < -0.3 is 20.3 Å². The van der Waals surface area contributed by atoms with E-state index in [0.717, 1.165) is 57.7 Å². The zero-order valence-electron chi connectivity index (χ0n) is 16.9. The van der Waals surface area contributed by atoms with Crippen molar-refractivity contribution in [1.82, 2.24) is 15.2 Å². The molecule has 6 heteroatoms. The highest BCUT2D eigenvalue weighted by atomic mass is 16.5. The zero-order valence-corrected chi connectivity index (χ0v) is 16.9. The van der Waals surface area contributed by atoms with E-state index in [1.807, 2.05) is 18.2 Å². The first-order chi connectivity index (χ1) is 14.3. The van der Waals surface area contributed by atoms with E-state index in [1.54, 1.807) is 12.1 Å². The summed E-state index contributed by atoms with van der Waals surface area (Å²) in [4.78, 5) is 19.2. The number of nitrogens with one attached hydrogen (secondary N) is 2. The van der Waals surface area contributed by atoms with Crippen LogP contribution in [0.25, 0.3) is 0 Å². The fourth-order valence-electron chi connectivity index (χ4n) is 4.08. The number of ether oxygens (including phenoxy) is 1. The average molecular weight is 395 g/mol. The van der Waals surface area contributed by atoms with Gasteiger partial charge in [0.25, 0.3) is 0 Å². The minimum Gasteiger partial charge on any atom is -0.426 e. The number of carbonyl (C=O) groups excluding carboxylic acids is 1. The third-order valence-corrected chi connectivity index (χ3v) is 5.64. The molecule has 0 aliphatic carbocycles. The van der Waals surface area contributed by atoms with Crippen LogP contribution in [0.15, 0.2) is 42.5 Å². The van der Waals surface area contributed by atoms with E-state index in [9.17, 15) is 4.79 Å². The molecule has 1 atom stereocenters. The third kappa shape index (κ3) is 5.78. The van der Waals surface area contributed by atoms with E-state index in [2.05, 4.69) is 27.7 Å². The lowest BCUT2D eigenvalue weighted by Gasteiger charge is -2.18. The number of rotatable bonds is 8. The fourth-order valence-corrected chi connectivity index (χ4v) is 4.08. The van der Waals surface area contributed by atoms with Crippen molar-refractivity contribution in [3.63, 3.8) is 0 Å². The number of para-hydroxylation sites is 1. The van der Waals surface area contributed by atoms with Crippen LogP contribution in [0.3, 0.4) is 0 Å². The molecule has 0 bridgehead atoms. The minimum absolute atomic E-state index is 0.234. The van der Waals surface area contributed by atoms with Crippen molar-refractivity contribution < 1.29 is 9.53 Å². The second-order valence-corrected chi connectivity index (χ2v) is 7.90. The Labute approximate surface area is 172 Å². The molecule has 0 spiro atoms. The summed E-state index contributed by atoms with van der Waals surface area (Å²) in [5, 5.41) is 6.75. The maximum absolute atomic E-state index is 12.0. The number of fused-ring (bicyclic) bond motifs is 1. The molecule has 154 valence electrons. The Hall–Kier alpha value is -2.44. The van der Waals surface area contributed by atoms with Gasteiger partial charge in [0, 0.05) is 24.8 Å². The van der Waals surface area contributed by atoms with Gasteiger partial charge >= 0.3 is 5.97 Å². The summed E-state index contributed by atoms with van der Waals surface area (Å²) in [7, 11) is 0. The van der Waals surface area contributed by atoms with Gasteiger partial charge in [-0.2, -0.15) is 0 Å². The quantitative estimate of drug-likeness (QED) is 0.530. The van der Waals surface area contributed by atoms with Crippen LogP contribution in [0.4, 0.5) is 5.82 Å². The monoisotopic (exact) mass is 394 g/mol. The van der Waals surface area contributed by atoms with Crippen molar-refractivity contribution in [2.24, 2.45) is 0 Å². The van der Waals surface area contributed by atoms with Crippen LogP contribution in [-0.4, -0.2) is 54.6 Å². The number of hydrogen-bond donors (Lipinski definition) is 2. The second-order valence-electron chi connectivity index (χ2n) is 7.90. The molecule has 2 aliphatic rings. The molecule has 2 aromatic rings. The van der Waals surface area contributed by atoms with E-state index >= 15 is 0 Å². The maximum Gasteiger partial charge on any atom is 0.325 e. The summed E-state index contributed by atoms with van der Waals surface area (Å²) in [6.45, 7) is 4.41. The number of anilines is 1. The number of esters is 1. The number of benzene rings is 1. The van der Waals surface area contributed by atoms with Crippen molar-refractivity contribution in [3.05, 3.63) is 53.7 Å². The van der Waals surface area contributed by atoms with E-state index in [0.29, 0.717) is 11.8 Å². The van der Waals surface area contributed by atoms with Gasteiger partial charge in [-0.15, -0.1) is 0 Å². The standard InChI is InChI=1S/C23H30N4O2/c28-22(29-21-8-2-1-3-9-21)16-25-20-12-15-27(17-20)14-5-7-19-11-10-18-6-4-13-24-23(18)26-19/h1-3,8-11,20,25H,4-7,12-17H2,(H,24,26). The molecule has 29 heavy (non-hydrogen) atoms. The Kier molecular flexibility index (Phi) is 6.75. The van der Waals surface area contributed by atoms with Crippen LogP contribution in [-0.2, 0) is 17.6 Å². The van der Waals surface area contributed by atoms with Crippen LogP contribution in [0.1, 0.15) is 30.5 Å². The van der Waals surface area contributed by atoms with Crippen molar-refractivity contribution in [1.29, 1.82) is 0 Å². The van der Waals surface area contributed by atoms with Crippen molar-refractivity contribution >= 4 is 11.8 Å². The SMILES string of the molecule is O=C(CNC1CCN(CCCc2ccc3c(n2)NCCC3)C1)Oc1ccccc1. The van der Waals surface area contributed by atoms with Gasteiger partial charge in [-0.1, -0.05) is 24.3 Å². The highest BCUT2D eigenvalue weighted by Crippen LogP contribution is 2.20. The Balaban J connectivity index is 1.14. The van der Waals surface area contributed by atoms with Gasteiger partial charge in [0.15, 0.2) is 0 Å². The Morgan fingerprint density at radius 1 is 1.24 bits per heavy atom. The first-order valence-electron chi connectivity index (χ1n) is 10.7. The molecular weight excluding hydrogens is 364 g/mol. The lowest BCUT2D eigenvalue weighted by Crippen LogP contribution is -2.37. The molecule has 1 aromatic heterocycles. The lowest BCUT2D eigenvalue weighted by atomic mass is 10.1. The predicted octanol–water partition coefficient (Wildman–Crippen LogP) is 2.64. The lowest BCUT2D eigenvalue weighted by molar-refractivity contribution is -0.133. The van der Waals surface area contributed by atoms with Gasteiger partial charge in [0.2, 0.25) is 0 Å². The molecule has 1 aromatic carbocycles. The number of aryl methyl sites for hydroxylation is 2. The summed E-state index contributed by atoms with van der Waals surface area (Å²) < 4.78 is 5.33. The zero-order chi connectivity index (χ0) is 19.9. The number of pyridine rings is 1. The molecule has 0 amide bonds. The van der Waals surface area contributed by atoms with E-state index in [4.69, 9.17) is 9.72 Å². The predicted molar refractivity (Wildman–Crippen MR) is 114 cm³/mol. The molecule has 6 nitrogen and oxygen atoms in total. The molecule has 4 rings (SSSR count). The summed E-state index contributed by atoms with van der Waals surface area (Å²) in [5.74, 6) is 1.45. The normalized spacial score (nSPS) is 18.8. The number of carbonyl (C=O) groups is 1. The summed E-state index contributed by atoms with van der Waals surface area (Å²) in [5.41, 5.74) is 2.52. The van der Waals surface area contributed by atoms with Gasteiger partial charge in [0.05, 0.1) is 6.54 Å². The van der Waals surface area contributed by atoms with E-state index < -0.39 is 0 Å². The number of aromatic nitrogens is 1. The second kappa shape index (κ2) is 9.85. The van der Waals surface area contributed by atoms with Gasteiger partial charge in [-0.25, -0.2) is 4.98 Å². The molecule has 1 saturated heterocycles. The average Bonchev–Trinajstić information content (AvgIpc) is 3.21. The molecule has 0 radical (unpaired) electrons. The molecule has 1 unspecified atom stereocenters. The Morgan fingerprint density at radius 2 is 2.14 bits per heavy atom. The smallest absolute Gasteiger partial charge is 0.325 e. The first-order valence-corrected chi connectivity index (χ1v) is 10.7. The first kappa shape index (κ1) is 19.9. The molecular formula is C23H30N4O2. The minimum atomic E-state index is -0.234. The van der Waals surface area contributed by atoms with Crippen molar-refractivity contribution in [3.8, 4) is 5.75 Å². The molecule has 1 fully saturated rings. The summed E-state index contributed by atoms with van der Waals surface area (Å²) in [6, 6.07) is 14.0. The number of likely N-dealkylation sites (tertiary alicyclic amines) is 1. The van der Waals surface area contributed by atoms with E-state index in [1.165, 1.54) is 17.7 Å². The summed E-state index contributed by atoms with van der Waals surface area (Å²) in [6.07, 6.45) is 5.51. The van der Waals surface area contributed by atoms with Crippen LogP contribution in [0, 0.1) is 0 Å². The van der Waals surface area contributed by atoms with Gasteiger partial charge in [0.1, 0.15) is 11.6 Å². The van der Waals surface area contributed by atoms with Crippen molar-refractivity contribution in [2.45, 2.75) is 38.1 Å². The van der Waals surface area contributed by atoms with Gasteiger partial charge in [-0.3, -0.25) is 4.79 Å². The number of hydrogen-bond acceptors (Lipinski definition) is 6. The van der Waals surface area contributed by atoms with E-state index in [-0.39, 0.29) is 12.5 Å². The largest absolute Gasteiger partial charge is 0.426 e. The molecule has 0 saturated carbocycles. The highest BCUT2D eigenvalue weighted by molar-refractivity contribution is 5.74. The van der Waals surface area contributed by atoms with Crippen LogP contribution >= 0.6 is 0 Å². The number of nitrogens with zero attached hydrogens (tertiary/aromatic N) is 2. The topological polar surface area (TPSA) is 66.5 Å². The maximum atomic E-state index is 12.0. The van der Waals surface area contributed by atoms with Crippen LogP contribution < -0.4 is 15.4 Å². The Morgan fingerprint density at radius 3 is 3.03 bits per heavy atom. The van der Waals surface area contributed by atoms with Crippen molar-refractivity contribution in [2.75, 3.05) is 38.0 Å².